The Morgan fingerprint density at radius 2 is 2.40 bits per heavy atom. The Labute approximate surface area is 88.9 Å². The largest absolute Gasteiger partial charge is 0.465 e. The summed E-state index contributed by atoms with van der Waals surface area (Å²) in [5, 5.41) is 0. The third kappa shape index (κ3) is 3.46. The van der Waals surface area contributed by atoms with Crippen molar-refractivity contribution in [2.24, 2.45) is 0 Å². The second kappa shape index (κ2) is 5.19. The molecule has 1 rings (SSSR count). The van der Waals surface area contributed by atoms with Crippen LogP contribution in [0.15, 0.2) is 18.3 Å². The van der Waals surface area contributed by atoms with E-state index in [1.54, 1.807) is 37.2 Å². The van der Waals surface area contributed by atoms with Crippen LogP contribution in [0.5, 0.6) is 0 Å². The molecule has 5 heteroatoms. The number of pyridine rings is 1. The Hall–Kier alpha value is -1.78. The summed E-state index contributed by atoms with van der Waals surface area (Å²) in [6.45, 7) is 2.38. The molecular weight excluding hydrogens is 194 g/mol. The number of hydrogen-bond donors (Lipinski definition) is 1. The zero-order chi connectivity index (χ0) is 11.3. The average Bonchev–Trinajstić information content (AvgIpc) is 2.18. The van der Waals surface area contributed by atoms with Crippen molar-refractivity contribution >= 4 is 17.5 Å². The highest BCUT2D eigenvalue weighted by Gasteiger charge is 2.07. The van der Waals surface area contributed by atoms with Crippen LogP contribution in [0.2, 0.25) is 0 Å². The Balaban J connectivity index is 2.60. The minimum absolute atomic E-state index is 0.206. The molecule has 0 bridgehead atoms. The van der Waals surface area contributed by atoms with Gasteiger partial charge in [0, 0.05) is 25.0 Å². The van der Waals surface area contributed by atoms with Crippen LogP contribution in [0.3, 0.4) is 0 Å². The quantitative estimate of drug-likeness (QED) is 0.738. The summed E-state index contributed by atoms with van der Waals surface area (Å²) in [4.78, 5) is 16.8. The Bertz CT molecular complexity index is 341. The molecule has 0 fully saturated rings. The monoisotopic (exact) mass is 209 g/mol. The number of rotatable bonds is 4. The Morgan fingerprint density at radius 1 is 1.67 bits per heavy atom. The summed E-state index contributed by atoms with van der Waals surface area (Å²) in [6, 6.07) is 3.49. The minimum atomic E-state index is -0.254. The zero-order valence-corrected chi connectivity index (χ0v) is 8.93. The molecule has 5 nitrogen and oxygen atoms in total. The molecule has 0 aliphatic carbocycles. The van der Waals surface area contributed by atoms with Crippen molar-refractivity contribution in [3.05, 3.63) is 18.3 Å². The molecule has 0 aliphatic heterocycles. The van der Waals surface area contributed by atoms with Crippen LogP contribution >= 0.6 is 0 Å². The molecule has 0 saturated heterocycles. The zero-order valence-electron chi connectivity index (χ0n) is 8.93. The number of anilines is 2. The first-order valence-corrected chi connectivity index (χ1v) is 4.71. The molecule has 1 aromatic rings. The van der Waals surface area contributed by atoms with Gasteiger partial charge in [-0.1, -0.05) is 0 Å². The highest BCUT2D eigenvalue weighted by molar-refractivity contribution is 5.75. The maximum atomic E-state index is 11.2. The van der Waals surface area contributed by atoms with Crippen molar-refractivity contribution in [1.29, 1.82) is 0 Å². The second-order valence-corrected chi connectivity index (χ2v) is 3.10. The van der Waals surface area contributed by atoms with E-state index in [0.717, 1.165) is 5.69 Å². The van der Waals surface area contributed by atoms with Crippen molar-refractivity contribution in [2.45, 2.75) is 6.92 Å². The van der Waals surface area contributed by atoms with E-state index in [0.29, 0.717) is 12.4 Å². The summed E-state index contributed by atoms with van der Waals surface area (Å²) in [7, 11) is 1.80. The van der Waals surface area contributed by atoms with E-state index in [-0.39, 0.29) is 12.5 Å². The normalized spacial score (nSPS) is 9.73. The number of carbonyl (C=O) groups is 1. The molecule has 0 aromatic carbocycles. The molecule has 1 aromatic heterocycles. The molecular formula is C10H15N3O2. The van der Waals surface area contributed by atoms with E-state index >= 15 is 0 Å². The van der Waals surface area contributed by atoms with Crippen molar-refractivity contribution < 1.29 is 9.53 Å². The lowest BCUT2D eigenvalue weighted by Crippen LogP contribution is -2.27. The van der Waals surface area contributed by atoms with Gasteiger partial charge in [-0.05, 0) is 13.0 Å². The van der Waals surface area contributed by atoms with E-state index in [1.807, 2.05) is 0 Å². The van der Waals surface area contributed by atoms with E-state index in [1.165, 1.54) is 0 Å². The first-order valence-electron chi connectivity index (χ1n) is 4.71. The fourth-order valence-electron chi connectivity index (χ4n) is 1.17. The summed E-state index contributed by atoms with van der Waals surface area (Å²) < 4.78 is 4.84. The predicted molar refractivity (Wildman–Crippen MR) is 58.6 cm³/mol. The molecule has 0 saturated carbocycles. The molecule has 82 valence electrons. The molecule has 0 aliphatic rings. The van der Waals surface area contributed by atoms with Gasteiger partial charge in [0.2, 0.25) is 0 Å². The summed E-state index contributed by atoms with van der Waals surface area (Å²) >= 11 is 0. The maximum Gasteiger partial charge on any atom is 0.325 e. The standard InChI is InChI=1S/C10H15N3O2/c1-3-15-10(14)7-13(2)8-4-5-12-9(11)6-8/h4-6H,3,7H2,1-2H3,(H2,11,12). The number of ether oxygens (including phenoxy) is 1. The molecule has 0 spiro atoms. The van der Waals surface area contributed by atoms with Gasteiger partial charge in [0.05, 0.1) is 6.61 Å². The van der Waals surface area contributed by atoms with E-state index in [2.05, 4.69) is 4.98 Å². The fourth-order valence-corrected chi connectivity index (χ4v) is 1.17. The highest BCUT2D eigenvalue weighted by Crippen LogP contribution is 2.13. The number of carbonyl (C=O) groups excluding carboxylic acids is 1. The smallest absolute Gasteiger partial charge is 0.325 e. The molecule has 0 radical (unpaired) electrons. The highest BCUT2D eigenvalue weighted by atomic mass is 16.5. The van der Waals surface area contributed by atoms with Crippen molar-refractivity contribution in [3.63, 3.8) is 0 Å². The summed E-state index contributed by atoms with van der Waals surface area (Å²) in [6.07, 6.45) is 1.60. The summed E-state index contributed by atoms with van der Waals surface area (Å²) in [5.74, 6) is 0.179. The lowest BCUT2D eigenvalue weighted by molar-refractivity contribution is -0.141. The van der Waals surface area contributed by atoms with Gasteiger partial charge in [0.15, 0.2) is 0 Å². The molecule has 0 amide bonds. The SMILES string of the molecule is CCOC(=O)CN(C)c1ccnc(N)c1. The number of nitrogens with two attached hydrogens (primary N) is 1. The van der Waals surface area contributed by atoms with Crippen LogP contribution in [-0.4, -0.2) is 31.2 Å². The van der Waals surface area contributed by atoms with Crippen LogP contribution in [0, 0.1) is 0 Å². The average molecular weight is 209 g/mol. The van der Waals surface area contributed by atoms with Gasteiger partial charge >= 0.3 is 5.97 Å². The van der Waals surface area contributed by atoms with Crippen molar-refractivity contribution in [1.82, 2.24) is 4.98 Å². The lowest BCUT2D eigenvalue weighted by Gasteiger charge is -2.17. The van der Waals surface area contributed by atoms with Gasteiger partial charge < -0.3 is 15.4 Å². The van der Waals surface area contributed by atoms with Crippen LogP contribution in [0.1, 0.15) is 6.92 Å². The van der Waals surface area contributed by atoms with E-state index in [4.69, 9.17) is 10.5 Å². The third-order valence-electron chi connectivity index (χ3n) is 1.88. The first kappa shape index (κ1) is 11.3. The minimum Gasteiger partial charge on any atom is -0.465 e. The number of esters is 1. The molecule has 1 heterocycles. The van der Waals surface area contributed by atoms with Gasteiger partial charge in [-0.15, -0.1) is 0 Å². The van der Waals surface area contributed by atoms with Crippen LogP contribution in [0.4, 0.5) is 11.5 Å². The van der Waals surface area contributed by atoms with Crippen LogP contribution in [0.25, 0.3) is 0 Å². The van der Waals surface area contributed by atoms with Gasteiger partial charge in [-0.25, -0.2) is 4.98 Å². The number of hydrogen-bond acceptors (Lipinski definition) is 5. The maximum absolute atomic E-state index is 11.2. The van der Waals surface area contributed by atoms with Gasteiger partial charge in [0.25, 0.3) is 0 Å². The number of nitrogens with zero attached hydrogens (tertiary/aromatic N) is 2. The number of nitrogen functional groups attached to an aromatic ring is 1. The number of likely N-dealkylation sites (N-methyl/N-ethyl adjacent to an activating group) is 1. The van der Waals surface area contributed by atoms with Gasteiger partial charge in [-0.2, -0.15) is 0 Å². The molecule has 15 heavy (non-hydrogen) atoms. The Morgan fingerprint density at radius 3 is 3.00 bits per heavy atom. The van der Waals surface area contributed by atoms with Crippen LogP contribution < -0.4 is 10.6 Å². The van der Waals surface area contributed by atoms with Gasteiger partial charge in [0.1, 0.15) is 12.4 Å². The van der Waals surface area contributed by atoms with Crippen molar-refractivity contribution in [2.75, 3.05) is 30.8 Å². The predicted octanol–water partition coefficient (Wildman–Crippen LogP) is 0.663. The van der Waals surface area contributed by atoms with E-state index < -0.39 is 0 Å². The summed E-state index contributed by atoms with van der Waals surface area (Å²) in [5.41, 5.74) is 6.38. The fraction of sp³-hybridized carbons (Fsp3) is 0.400. The number of aromatic nitrogens is 1. The first-order chi connectivity index (χ1) is 7.13. The second-order valence-electron chi connectivity index (χ2n) is 3.10. The molecule has 0 atom stereocenters. The van der Waals surface area contributed by atoms with Crippen LogP contribution in [-0.2, 0) is 9.53 Å². The van der Waals surface area contributed by atoms with Gasteiger partial charge in [-0.3, -0.25) is 4.79 Å². The third-order valence-corrected chi connectivity index (χ3v) is 1.88. The molecule has 0 unspecified atom stereocenters. The Kier molecular flexibility index (Phi) is 3.91. The lowest BCUT2D eigenvalue weighted by atomic mass is 10.3. The van der Waals surface area contributed by atoms with E-state index in [9.17, 15) is 4.79 Å². The molecule has 2 N–H and O–H groups in total. The van der Waals surface area contributed by atoms with Crippen molar-refractivity contribution in [3.8, 4) is 0 Å². The topological polar surface area (TPSA) is 68.5 Å².